The first-order valence-electron chi connectivity index (χ1n) is 3.21. The summed E-state index contributed by atoms with van der Waals surface area (Å²) in [6, 6.07) is -1.48. The smallest absolute Gasteiger partial charge is 0.304 e. The van der Waals surface area contributed by atoms with Crippen LogP contribution in [0.4, 0.5) is 13.2 Å². The molecule has 1 heterocycles. The number of hydrogen-bond acceptors (Lipinski definition) is 2. The van der Waals surface area contributed by atoms with Crippen LogP contribution in [-0.4, -0.2) is 36.3 Å². The molecule has 0 aliphatic carbocycles. The van der Waals surface area contributed by atoms with Crippen LogP contribution in [0, 0.1) is 0 Å². The number of halogens is 4. The number of alkyl halides is 3. The van der Waals surface area contributed by atoms with Gasteiger partial charge in [0.15, 0.2) is 0 Å². The van der Waals surface area contributed by atoms with Gasteiger partial charge in [0.05, 0.1) is 0 Å². The lowest BCUT2D eigenvalue weighted by molar-refractivity contribution is -0.161. The first-order chi connectivity index (χ1) is 5.00. The molecular formula is C5H8ClF3N2. The highest BCUT2D eigenvalue weighted by molar-refractivity contribution is 6.13. The van der Waals surface area contributed by atoms with Crippen molar-refractivity contribution < 1.29 is 13.2 Å². The van der Waals surface area contributed by atoms with Crippen LogP contribution in [0.15, 0.2) is 0 Å². The molecule has 0 radical (unpaired) electrons. The zero-order chi connectivity index (χ0) is 8.48. The van der Waals surface area contributed by atoms with Gasteiger partial charge in [-0.1, -0.05) is 0 Å². The van der Waals surface area contributed by atoms with Crippen LogP contribution in [0.3, 0.4) is 0 Å². The van der Waals surface area contributed by atoms with Crippen molar-refractivity contribution in [2.45, 2.75) is 12.2 Å². The second-order valence-corrected chi connectivity index (χ2v) is 2.90. The number of rotatable bonds is 0. The van der Waals surface area contributed by atoms with Gasteiger partial charge in [-0.2, -0.15) is 13.2 Å². The maximum absolute atomic E-state index is 12.0. The fourth-order valence-corrected chi connectivity index (χ4v) is 1.16. The van der Waals surface area contributed by atoms with Crippen molar-refractivity contribution in [2.75, 3.05) is 19.6 Å². The molecule has 0 aromatic heterocycles. The molecule has 1 atom stereocenters. The van der Waals surface area contributed by atoms with Crippen LogP contribution < -0.4 is 5.32 Å². The summed E-state index contributed by atoms with van der Waals surface area (Å²) in [6.45, 7) is 0.562. The average molecular weight is 189 g/mol. The third kappa shape index (κ3) is 2.50. The zero-order valence-corrected chi connectivity index (χ0v) is 6.41. The van der Waals surface area contributed by atoms with E-state index >= 15 is 0 Å². The quantitative estimate of drug-likeness (QED) is 0.570. The summed E-state index contributed by atoms with van der Waals surface area (Å²) in [5, 5.41) is 2.34. The van der Waals surface area contributed by atoms with Crippen LogP contribution in [0.1, 0.15) is 0 Å². The largest absolute Gasteiger partial charge is 0.405 e. The van der Waals surface area contributed by atoms with Gasteiger partial charge in [0.2, 0.25) is 0 Å². The molecule has 1 unspecified atom stereocenters. The fraction of sp³-hybridized carbons (Fsp3) is 1.00. The van der Waals surface area contributed by atoms with Crippen LogP contribution in [0.25, 0.3) is 0 Å². The summed E-state index contributed by atoms with van der Waals surface area (Å²) in [4.78, 5) is 0. The fourth-order valence-electron chi connectivity index (χ4n) is 0.933. The van der Waals surface area contributed by atoms with Crippen LogP contribution >= 0.6 is 11.8 Å². The van der Waals surface area contributed by atoms with E-state index in [4.69, 9.17) is 11.8 Å². The molecule has 66 valence electrons. The molecule has 6 heteroatoms. The summed E-state index contributed by atoms with van der Waals surface area (Å²) < 4.78 is 37.0. The molecule has 0 amide bonds. The first-order valence-corrected chi connectivity index (χ1v) is 3.55. The van der Waals surface area contributed by atoms with Crippen molar-refractivity contribution in [3.63, 3.8) is 0 Å². The Bertz CT molecular complexity index is 138. The van der Waals surface area contributed by atoms with Crippen molar-refractivity contribution in [1.82, 2.24) is 9.74 Å². The minimum atomic E-state index is -4.19. The highest BCUT2D eigenvalue weighted by atomic mass is 35.5. The van der Waals surface area contributed by atoms with Crippen LogP contribution in [0.2, 0.25) is 0 Å². The van der Waals surface area contributed by atoms with E-state index in [0.29, 0.717) is 6.54 Å². The molecule has 11 heavy (non-hydrogen) atoms. The predicted molar refractivity (Wildman–Crippen MR) is 35.3 cm³/mol. The molecular weight excluding hydrogens is 181 g/mol. The molecule has 2 nitrogen and oxygen atoms in total. The van der Waals surface area contributed by atoms with Crippen molar-refractivity contribution in [1.29, 1.82) is 0 Å². The van der Waals surface area contributed by atoms with E-state index in [1.54, 1.807) is 0 Å². The summed E-state index contributed by atoms with van der Waals surface area (Å²) in [7, 11) is 0. The third-order valence-corrected chi connectivity index (χ3v) is 1.83. The van der Waals surface area contributed by atoms with Crippen molar-refractivity contribution in [3.8, 4) is 0 Å². The minimum Gasteiger partial charge on any atom is -0.304 e. The van der Waals surface area contributed by atoms with Gasteiger partial charge in [-0.3, -0.25) is 0 Å². The maximum Gasteiger partial charge on any atom is 0.405 e. The lowest BCUT2D eigenvalue weighted by atomic mass is 10.2. The predicted octanol–water partition coefficient (Wildman–Crippen LogP) is 0.976. The Morgan fingerprint density at radius 3 is 2.45 bits per heavy atom. The second kappa shape index (κ2) is 3.16. The second-order valence-electron chi connectivity index (χ2n) is 2.42. The highest BCUT2D eigenvalue weighted by Crippen LogP contribution is 2.22. The Balaban J connectivity index is 2.46. The molecule has 1 fully saturated rings. The standard InChI is InChI=1S/C5H8ClF3N2/c6-11-2-1-10-4(3-11)5(7,8)9/h4,10H,1-3H2. The van der Waals surface area contributed by atoms with Gasteiger partial charge in [0.25, 0.3) is 0 Å². The monoisotopic (exact) mass is 188 g/mol. The molecule has 0 spiro atoms. The van der Waals surface area contributed by atoms with Crippen molar-refractivity contribution in [2.24, 2.45) is 0 Å². The number of nitrogens with one attached hydrogen (secondary N) is 1. The third-order valence-electron chi connectivity index (χ3n) is 1.52. The van der Waals surface area contributed by atoms with Crippen LogP contribution in [-0.2, 0) is 0 Å². The zero-order valence-electron chi connectivity index (χ0n) is 5.66. The molecule has 1 aliphatic heterocycles. The summed E-state index contributed by atoms with van der Waals surface area (Å²) in [5.41, 5.74) is 0. The average Bonchev–Trinajstić information content (AvgIpc) is 1.86. The number of nitrogens with zero attached hydrogens (tertiary/aromatic N) is 1. The van der Waals surface area contributed by atoms with Gasteiger partial charge < -0.3 is 5.32 Å². The van der Waals surface area contributed by atoms with Gasteiger partial charge in [0.1, 0.15) is 6.04 Å². The van der Waals surface area contributed by atoms with Gasteiger partial charge in [-0.25, -0.2) is 4.42 Å². The molecule has 1 saturated heterocycles. The Labute approximate surface area is 67.4 Å². The van der Waals surface area contributed by atoms with E-state index in [1.165, 1.54) is 0 Å². The summed E-state index contributed by atoms with van der Waals surface area (Å²) in [6.07, 6.45) is -4.19. The molecule has 0 saturated carbocycles. The van der Waals surface area contributed by atoms with Crippen molar-refractivity contribution in [3.05, 3.63) is 0 Å². The Morgan fingerprint density at radius 2 is 2.09 bits per heavy atom. The lowest BCUT2D eigenvalue weighted by Gasteiger charge is -2.30. The first kappa shape index (κ1) is 9.09. The molecule has 0 bridgehead atoms. The van der Waals surface area contributed by atoms with Gasteiger partial charge in [0, 0.05) is 19.6 Å². The number of hydrogen-bond donors (Lipinski definition) is 1. The minimum absolute atomic E-state index is 0.176. The van der Waals surface area contributed by atoms with Crippen LogP contribution in [0.5, 0.6) is 0 Å². The highest BCUT2D eigenvalue weighted by Gasteiger charge is 2.41. The normalized spacial score (nSPS) is 28.9. The Kier molecular flexibility index (Phi) is 2.61. The molecule has 0 aromatic carbocycles. The van der Waals surface area contributed by atoms with E-state index in [1.807, 2.05) is 0 Å². The Hall–Kier alpha value is -0.0000000000000000208. The van der Waals surface area contributed by atoms with E-state index in [2.05, 4.69) is 5.32 Å². The van der Waals surface area contributed by atoms with Crippen molar-refractivity contribution >= 4 is 11.8 Å². The summed E-state index contributed by atoms with van der Waals surface area (Å²) >= 11 is 5.41. The topological polar surface area (TPSA) is 15.3 Å². The van der Waals surface area contributed by atoms with Gasteiger partial charge >= 0.3 is 6.18 Å². The molecule has 1 aliphatic rings. The van der Waals surface area contributed by atoms with Gasteiger partial charge in [-0.05, 0) is 11.8 Å². The molecule has 1 rings (SSSR count). The van der Waals surface area contributed by atoms with E-state index in [-0.39, 0.29) is 13.1 Å². The Morgan fingerprint density at radius 1 is 1.45 bits per heavy atom. The molecule has 0 aromatic rings. The SMILES string of the molecule is FC(F)(F)C1CN(Cl)CCN1. The lowest BCUT2D eigenvalue weighted by Crippen LogP contribution is -2.54. The maximum atomic E-state index is 12.0. The van der Waals surface area contributed by atoms with E-state index < -0.39 is 12.2 Å². The van der Waals surface area contributed by atoms with E-state index in [0.717, 1.165) is 4.42 Å². The van der Waals surface area contributed by atoms with E-state index in [9.17, 15) is 13.2 Å². The van der Waals surface area contributed by atoms with Gasteiger partial charge in [-0.15, -0.1) is 0 Å². The molecule has 1 N–H and O–H groups in total. The summed E-state index contributed by atoms with van der Waals surface area (Å²) in [5.74, 6) is 0. The number of piperazine rings is 1.